The van der Waals surface area contributed by atoms with Gasteiger partial charge in [-0.1, -0.05) is 6.07 Å². The predicted molar refractivity (Wildman–Crippen MR) is 106 cm³/mol. The van der Waals surface area contributed by atoms with Gasteiger partial charge in [-0.25, -0.2) is 4.39 Å². The predicted octanol–water partition coefficient (Wildman–Crippen LogP) is 3.69. The summed E-state index contributed by atoms with van der Waals surface area (Å²) in [6.07, 6.45) is -6.61. The summed E-state index contributed by atoms with van der Waals surface area (Å²) in [7, 11) is 1.07. The molecule has 3 rings (SSSR count). The summed E-state index contributed by atoms with van der Waals surface area (Å²) >= 11 is 0. The minimum atomic E-state index is -4.61. The maximum atomic E-state index is 14.3. The summed E-state index contributed by atoms with van der Waals surface area (Å²) in [5.74, 6) is -5.90. The van der Waals surface area contributed by atoms with Crippen LogP contribution in [0.1, 0.15) is 41.7 Å². The number of benzene rings is 1. The Balaban J connectivity index is 1.99. The van der Waals surface area contributed by atoms with Crippen molar-refractivity contribution in [3.05, 3.63) is 53.4 Å². The van der Waals surface area contributed by atoms with Crippen molar-refractivity contribution in [2.45, 2.75) is 43.6 Å². The number of carbonyl (C=O) groups excluding carboxylic acids is 2. The van der Waals surface area contributed by atoms with Crippen molar-refractivity contribution in [1.82, 2.24) is 4.98 Å². The smallest absolute Gasteiger partial charge is 0.391 e. The first-order chi connectivity index (χ1) is 15.3. The Labute approximate surface area is 185 Å². The molecule has 1 fully saturated rings. The molecule has 3 atom stereocenters. The largest absolute Gasteiger partial charge is 0.493 e. The van der Waals surface area contributed by atoms with Crippen molar-refractivity contribution < 1.29 is 41.0 Å². The molecule has 3 N–H and O–H groups in total. The number of carbonyl (C=O) groups is 2. The van der Waals surface area contributed by atoms with Gasteiger partial charge in [-0.3, -0.25) is 14.6 Å². The monoisotopic (exact) mass is 473 g/mol. The summed E-state index contributed by atoms with van der Waals surface area (Å²) in [5.41, 5.74) is 3.26. The second kappa shape index (κ2) is 8.93. The van der Waals surface area contributed by atoms with E-state index in [9.17, 15) is 31.5 Å². The van der Waals surface area contributed by atoms with E-state index in [4.69, 9.17) is 15.2 Å². The third kappa shape index (κ3) is 5.38. The number of hydrogen-bond donors (Lipinski definition) is 2. The number of hydrogen-bond acceptors (Lipinski definition) is 5. The molecule has 0 radical (unpaired) electrons. The van der Waals surface area contributed by atoms with E-state index in [0.717, 1.165) is 19.2 Å². The quantitative estimate of drug-likeness (QED) is 0.623. The molecule has 1 aromatic carbocycles. The van der Waals surface area contributed by atoms with Crippen LogP contribution >= 0.6 is 0 Å². The summed E-state index contributed by atoms with van der Waals surface area (Å²) in [6, 6.07) is 4.45. The Morgan fingerprint density at radius 2 is 2.00 bits per heavy atom. The van der Waals surface area contributed by atoms with Gasteiger partial charge in [0.2, 0.25) is 5.82 Å². The SMILES string of the molecule is COc1c(C2CC(C)(CC(F)(F)F)OC2C(=O)Nc2ccnc(C(N)=O)c2)ccc(F)c1F. The molecule has 1 aliphatic heterocycles. The van der Waals surface area contributed by atoms with E-state index in [-0.39, 0.29) is 23.4 Å². The Morgan fingerprint density at radius 1 is 1.30 bits per heavy atom. The van der Waals surface area contributed by atoms with Crippen LogP contribution < -0.4 is 15.8 Å². The number of pyridine rings is 1. The fourth-order valence-electron chi connectivity index (χ4n) is 3.96. The molecule has 178 valence electrons. The van der Waals surface area contributed by atoms with Crippen LogP contribution in [0.15, 0.2) is 30.5 Å². The standard InChI is InChI=1S/C21H20F5N3O4/c1-20(9-21(24,25)26)8-12(11-3-4-13(22)15(23)16(11)32-2)17(33-20)19(31)29-10-5-6-28-14(7-10)18(27)30/h3-7,12,17H,8-9H2,1-2H3,(H2,27,30)(H,28,29,31). The first-order valence-electron chi connectivity index (χ1n) is 9.67. The number of nitrogens with two attached hydrogens (primary N) is 1. The van der Waals surface area contributed by atoms with Crippen molar-refractivity contribution in [3.8, 4) is 5.75 Å². The highest BCUT2D eigenvalue weighted by Gasteiger charge is 2.52. The van der Waals surface area contributed by atoms with Gasteiger partial charge in [-0.05, 0) is 31.5 Å². The van der Waals surface area contributed by atoms with Gasteiger partial charge in [0.25, 0.3) is 11.8 Å². The Bertz CT molecular complexity index is 1080. The number of alkyl halides is 3. The van der Waals surface area contributed by atoms with E-state index in [0.29, 0.717) is 0 Å². The molecule has 2 amide bonds. The maximum absolute atomic E-state index is 14.3. The summed E-state index contributed by atoms with van der Waals surface area (Å²) in [4.78, 5) is 28.1. The second-order valence-corrected chi connectivity index (χ2v) is 7.86. The number of primary amides is 1. The number of aromatic nitrogens is 1. The van der Waals surface area contributed by atoms with Crippen LogP contribution in [-0.2, 0) is 9.53 Å². The van der Waals surface area contributed by atoms with E-state index < -0.39 is 59.4 Å². The summed E-state index contributed by atoms with van der Waals surface area (Å²) in [5, 5.41) is 2.44. The number of amides is 2. The van der Waals surface area contributed by atoms with Gasteiger partial charge in [0.15, 0.2) is 11.6 Å². The first-order valence-corrected chi connectivity index (χ1v) is 9.67. The molecule has 2 aromatic rings. The molecule has 0 saturated carbocycles. The molecule has 2 heterocycles. The summed E-state index contributed by atoms with van der Waals surface area (Å²) < 4.78 is 78.0. The minimum absolute atomic E-state index is 0.0185. The number of rotatable bonds is 6. The lowest BCUT2D eigenvalue weighted by Crippen LogP contribution is -2.36. The molecule has 0 spiro atoms. The van der Waals surface area contributed by atoms with E-state index in [1.54, 1.807) is 0 Å². The third-order valence-electron chi connectivity index (χ3n) is 5.23. The van der Waals surface area contributed by atoms with E-state index in [1.807, 2.05) is 0 Å². The van der Waals surface area contributed by atoms with Gasteiger partial charge in [0.05, 0.1) is 19.1 Å². The molecule has 1 aliphatic rings. The van der Waals surface area contributed by atoms with Crippen LogP contribution in [0, 0.1) is 11.6 Å². The molecule has 0 bridgehead atoms. The topological polar surface area (TPSA) is 104 Å². The van der Waals surface area contributed by atoms with E-state index >= 15 is 0 Å². The summed E-state index contributed by atoms with van der Waals surface area (Å²) in [6.45, 7) is 1.19. The second-order valence-electron chi connectivity index (χ2n) is 7.86. The van der Waals surface area contributed by atoms with Crippen LogP contribution in [-0.4, -0.2) is 41.8 Å². The highest BCUT2D eigenvalue weighted by atomic mass is 19.4. The number of nitrogens with one attached hydrogen (secondary N) is 1. The van der Waals surface area contributed by atoms with Crippen LogP contribution in [0.5, 0.6) is 5.75 Å². The van der Waals surface area contributed by atoms with Crippen molar-refractivity contribution in [2.24, 2.45) is 5.73 Å². The Kier molecular flexibility index (Phi) is 6.59. The van der Waals surface area contributed by atoms with Gasteiger partial charge in [0.1, 0.15) is 11.8 Å². The van der Waals surface area contributed by atoms with E-state index in [1.165, 1.54) is 25.3 Å². The van der Waals surface area contributed by atoms with Gasteiger partial charge in [-0.2, -0.15) is 17.6 Å². The minimum Gasteiger partial charge on any atom is -0.493 e. The Morgan fingerprint density at radius 3 is 2.61 bits per heavy atom. The Hall–Kier alpha value is -3.28. The molecular formula is C21H20F5N3O4. The number of nitrogens with zero attached hydrogens (tertiary/aromatic N) is 1. The molecule has 33 heavy (non-hydrogen) atoms. The first kappa shape index (κ1) is 24.4. The zero-order valence-corrected chi connectivity index (χ0v) is 17.5. The lowest BCUT2D eigenvalue weighted by molar-refractivity contribution is -0.182. The molecule has 1 saturated heterocycles. The average molecular weight is 473 g/mol. The van der Waals surface area contributed by atoms with Crippen LogP contribution in [0.3, 0.4) is 0 Å². The van der Waals surface area contributed by atoms with Gasteiger partial charge in [0, 0.05) is 23.4 Å². The van der Waals surface area contributed by atoms with Crippen LogP contribution in [0.2, 0.25) is 0 Å². The average Bonchev–Trinajstić information content (AvgIpc) is 3.05. The number of halogens is 5. The van der Waals surface area contributed by atoms with Crippen LogP contribution in [0.25, 0.3) is 0 Å². The van der Waals surface area contributed by atoms with Gasteiger partial charge >= 0.3 is 6.18 Å². The normalized spacial score (nSPS) is 22.8. The number of anilines is 1. The fraction of sp³-hybridized carbons (Fsp3) is 0.381. The molecule has 0 aliphatic carbocycles. The number of ether oxygens (including phenoxy) is 2. The van der Waals surface area contributed by atoms with E-state index in [2.05, 4.69) is 10.3 Å². The maximum Gasteiger partial charge on any atom is 0.391 e. The fourth-order valence-corrected chi connectivity index (χ4v) is 3.96. The molecule has 12 heteroatoms. The van der Waals surface area contributed by atoms with Crippen LogP contribution in [0.4, 0.5) is 27.6 Å². The lowest BCUT2D eigenvalue weighted by Gasteiger charge is -2.25. The van der Waals surface area contributed by atoms with Crippen molar-refractivity contribution in [3.63, 3.8) is 0 Å². The third-order valence-corrected chi connectivity index (χ3v) is 5.23. The lowest BCUT2D eigenvalue weighted by atomic mass is 9.84. The van der Waals surface area contributed by atoms with Gasteiger partial charge in [-0.15, -0.1) is 0 Å². The molecule has 1 aromatic heterocycles. The zero-order valence-electron chi connectivity index (χ0n) is 17.5. The highest BCUT2D eigenvalue weighted by molar-refractivity contribution is 5.97. The van der Waals surface area contributed by atoms with Crippen molar-refractivity contribution in [1.29, 1.82) is 0 Å². The van der Waals surface area contributed by atoms with Gasteiger partial charge < -0.3 is 20.5 Å². The van der Waals surface area contributed by atoms with Crippen molar-refractivity contribution in [2.75, 3.05) is 12.4 Å². The van der Waals surface area contributed by atoms with Crippen molar-refractivity contribution >= 4 is 17.5 Å². The number of methoxy groups -OCH3 is 1. The molecule has 3 unspecified atom stereocenters. The highest BCUT2D eigenvalue weighted by Crippen LogP contribution is 2.49. The molecule has 7 nitrogen and oxygen atoms in total. The molecular weight excluding hydrogens is 453 g/mol. The zero-order chi connectivity index (χ0) is 24.6.